The van der Waals surface area contributed by atoms with Gasteiger partial charge < -0.3 is 15.7 Å². The summed E-state index contributed by atoms with van der Waals surface area (Å²) in [5.74, 6) is -6.99. The molecule has 19 heavy (non-hydrogen) atoms. The molecule has 0 heterocycles. The van der Waals surface area contributed by atoms with Gasteiger partial charge in [-0.1, -0.05) is 6.92 Å². The number of hydrogen-bond donors (Lipinski definition) is 2. The summed E-state index contributed by atoms with van der Waals surface area (Å²) >= 11 is 0. The van der Waals surface area contributed by atoms with Crippen molar-refractivity contribution in [2.75, 3.05) is 19.6 Å². The first-order valence-corrected chi connectivity index (χ1v) is 5.79. The fourth-order valence-electron chi connectivity index (χ4n) is 1.66. The van der Waals surface area contributed by atoms with Crippen LogP contribution < -0.4 is 5.73 Å². The second-order valence-corrected chi connectivity index (χ2v) is 3.96. The van der Waals surface area contributed by atoms with E-state index in [-0.39, 0.29) is 13.1 Å². The number of nitrogens with two attached hydrogens (primary N) is 1. The van der Waals surface area contributed by atoms with Gasteiger partial charge in [-0.3, -0.25) is 4.79 Å². The summed E-state index contributed by atoms with van der Waals surface area (Å²) in [4.78, 5) is 13.2. The van der Waals surface area contributed by atoms with Crippen molar-refractivity contribution in [3.8, 4) is 5.75 Å². The number of carbonyl (C=O) groups excluding carboxylic acids is 1. The molecule has 0 atom stereocenters. The molecule has 0 aliphatic carbocycles. The Labute approximate surface area is 108 Å². The summed E-state index contributed by atoms with van der Waals surface area (Å²) in [6, 6.07) is 0.436. The fourth-order valence-corrected chi connectivity index (χ4v) is 1.66. The lowest BCUT2D eigenvalue weighted by atomic mass is 10.1. The van der Waals surface area contributed by atoms with Crippen LogP contribution in [0.15, 0.2) is 6.07 Å². The average molecular weight is 276 g/mol. The maximum Gasteiger partial charge on any atom is 0.257 e. The smallest absolute Gasteiger partial charge is 0.257 e. The van der Waals surface area contributed by atoms with Crippen LogP contribution in [-0.2, 0) is 0 Å². The van der Waals surface area contributed by atoms with Crippen LogP contribution in [0.4, 0.5) is 13.2 Å². The molecule has 1 amide bonds. The number of halogens is 3. The topological polar surface area (TPSA) is 66.6 Å². The number of amides is 1. The zero-order chi connectivity index (χ0) is 14.6. The van der Waals surface area contributed by atoms with Crippen molar-refractivity contribution in [3.05, 3.63) is 29.1 Å². The van der Waals surface area contributed by atoms with Crippen molar-refractivity contribution in [1.29, 1.82) is 0 Å². The standard InChI is InChI=1S/C12H15F3N2O2/c1-2-4-17(5-3-16)12(19)7-6-8(13)10(15)11(18)9(7)14/h6,18H,2-5,16H2,1H3. The van der Waals surface area contributed by atoms with E-state index in [1.165, 1.54) is 4.90 Å². The predicted molar refractivity (Wildman–Crippen MR) is 63.2 cm³/mol. The first kappa shape index (κ1) is 15.3. The maximum absolute atomic E-state index is 13.6. The van der Waals surface area contributed by atoms with E-state index in [0.29, 0.717) is 19.0 Å². The van der Waals surface area contributed by atoms with Crippen molar-refractivity contribution >= 4 is 5.91 Å². The fraction of sp³-hybridized carbons (Fsp3) is 0.417. The number of hydrogen-bond acceptors (Lipinski definition) is 3. The third kappa shape index (κ3) is 3.17. The third-order valence-electron chi connectivity index (χ3n) is 2.54. The molecule has 0 aromatic heterocycles. The summed E-state index contributed by atoms with van der Waals surface area (Å²) in [5, 5.41) is 9.07. The lowest BCUT2D eigenvalue weighted by Crippen LogP contribution is -2.36. The SMILES string of the molecule is CCCN(CCN)C(=O)c1cc(F)c(F)c(O)c1F. The molecule has 1 aromatic carbocycles. The maximum atomic E-state index is 13.6. The molecule has 0 saturated heterocycles. The number of phenols is 1. The summed E-state index contributed by atoms with van der Waals surface area (Å²) in [6.07, 6.45) is 0.600. The first-order valence-electron chi connectivity index (χ1n) is 5.79. The van der Waals surface area contributed by atoms with E-state index in [1.54, 1.807) is 6.92 Å². The minimum absolute atomic E-state index is 0.156. The molecule has 0 bridgehead atoms. The molecule has 4 nitrogen and oxygen atoms in total. The van der Waals surface area contributed by atoms with Gasteiger partial charge in [0, 0.05) is 19.6 Å². The van der Waals surface area contributed by atoms with E-state index < -0.39 is 34.7 Å². The van der Waals surface area contributed by atoms with Crippen LogP contribution in [0.2, 0.25) is 0 Å². The van der Waals surface area contributed by atoms with E-state index in [0.717, 1.165) is 0 Å². The molecular formula is C12H15F3N2O2. The van der Waals surface area contributed by atoms with Gasteiger partial charge in [0.2, 0.25) is 5.82 Å². The van der Waals surface area contributed by atoms with Gasteiger partial charge in [0.1, 0.15) is 0 Å². The largest absolute Gasteiger partial charge is 0.503 e. The van der Waals surface area contributed by atoms with Crippen LogP contribution in [0.25, 0.3) is 0 Å². The molecular weight excluding hydrogens is 261 g/mol. The zero-order valence-corrected chi connectivity index (χ0v) is 10.4. The van der Waals surface area contributed by atoms with Gasteiger partial charge in [-0.2, -0.15) is 4.39 Å². The molecule has 0 aliphatic heterocycles. The summed E-state index contributed by atoms with van der Waals surface area (Å²) < 4.78 is 39.6. The third-order valence-corrected chi connectivity index (χ3v) is 2.54. The molecule has 0 saturated carbocycles. The molecule has 0 radical (unpaired) electrons. The second kappa shape index (κ2) is 6.42. The van der Waals surface area contributed by atoms with Crippen LogP contribution in [0.5, 0.6) is 5.75 Å². The Balaban J connectivity index is 3.18. The number of rotatable bonds is 5. The summed E-state index contributed by atoms with van der Waals surface area (Å²) in [7, 11) is 0. The molecule has 0 aliphatic rings. The molecule has 106 valence electrons. The van der Waals surface area contributed by atoms with Gasteiger partial charge in [-0.25, -0.2) is 8.78 Å². The van der Waals surface area contributed by atoms with Crippen LogP contribution in [0, 0.1) is 17.5 Å². The Kier molecular flexibility index (Phi) is 5.17. The van der Waals surface area contributed by atoms with Crippen molar-refractivity contribution in [1.82, 2.24) is 4.90 Å². The molecule has 7 heteroatoms. The second-order valence-electron chi connectivity index (χ2n) is 3.96. The number of carbonyl (C=O) groups is 1. The Morgan fingerprint density at radius 3 is 2.47 bits per heavy atom. The van der Waals surface area contributed by atoms with Crippen LogP contribution in [0.1, 0.15) is 23.7 Å². The number of benzene rings is 1. The number of nitrogens with zero attached hydrogens (tertiary/aromatic N) is 1. The van der Waals surface area contributed by atoms with Gasteiger partial charge in [0.05, 0.1) is 5.56 Å². The highest BCUT2D eigenvalue weighted by molar-refractivity contribution is 5.95. The van der Waals surface area contributed by atoms with Crippen molar-refractivity contribution < 1.29 is 23.1 Å². The minimum atomic E-state index is -1.71. The predicted octanol–water partition coefficient (Wildman–Crippen LogP) is 1.62. The minimum Gasteiger partial charge on any atom is -0.503 e. The first-order chi connectivity index (χ1) is 8.93. The number of aromatic hydroxyl groups is 1. The van der Waals surface area contributed by atoms with Crippen LogP contribution >= 0.6 is 0 Å². The van der Waals surface area contributed by atoms with Gasteiger partial charge >= 0.3 is 0 Å². The highest BCUT2D eigenvalue weighted by Gasteiger charge is 2.25. The van der Waals surface area contributed by atoms with Crippen LogP contribution in [-0.4, -0.2) is 35.5 Å². The van der Waals surface area contributed by atoms with Gasteiger partial charge in [-0.15, -0.1) is 0 Å². The Hall–Kier alpha value is -1.76. The van der Waals surface area contributed by atoms with E-state index in [1.807, 2.05) is 0 Å². The molecule has 1 rings (SSSR count). The average Bonchev–Trinajstić information content (AvgIpc) is 2.39. The Morgan fingerprint density at radius 1 is 1.32 bits per heavy atom. The van der Waals surface area contributed by atoms with Crippen molar-refractivity contribution in [2.24, 2.45) is 5.73 Å². The highest BCUT2D eigenvalue weighted by Crippen LogP contribution is 2.26. The molecule has 0 spiro atoms. The number of phenolic OH excluding ortho intramolecular Hbond substituents is 1. The Morgan fingerprint density at radius 2 is 1.95 bits per heavy atom. The van der Waals surface area contributed by atoms with E-state index in [2.05, 4.69) is 0 Å². The van der Waals surface area contributed by atoms with E-state index in [9.17, 15) is 18.0 Å². The van der Waals surface area contributed by atoms with Gasteiger partial charge in [0.25, 0.3) is 5.91 Å². The van der Waals surface area contributed by atoms with Crippen molar-refractivity contribution in [2.45, 2.75) is 13.3 Å². The highest BCUT2D eigenvalue weighted by atomic mass is 19.2. The van der Waals surface area contributed by atoms with Gasteiger partial charge in [-0.05, 0) is 12.5 Å². The van der Waals surface area contributed by atoms with Crippen molar-refractivity contribution in [3.63, 3.8) is 0 Å². The quantitative estimate of drug-likeness (QED) is 0.803. The zero-order valence-electron chi connectivity index (χ0n) is 10.4. The van der Waals surface area contributed by atoms with Crippen LogP contribution in [0.3, 0.4) is 0 Å². The molecule has 1 aromatic rings. The van der Waals surface area contributed by atoms with E-state index >= 15 is 0 Å². The lowest BCUT2D eigenvalue weighted by Gasteiger charge is -2.21. The summed E-state index contributed by atoms with van der Waals surface area (Å²) in [5.41, 5.74) is 4.62. The van der Waals surface area contributed by atoms with E-state index in [4.69, 9.17) is 10.8 Å². The van der Waals surface area contributed by atoms with Gasteiger partial charge in [0.15, 0.2) is 17.4 Å². The normalized spacial score (nSPS) is 10.6. The lowest BCUT2D eigenvalue weighted by molar-refractivity contribution is 0.0753. The monoisotopic (exact) mass is 276 g/mol. The molecule has 0 unspecified atom stereocenters. The summed E-state index contributed by atoms with van der Waals surface area (Å²) in [6.45, 7) is 2.42. The molecule has 3 N–H and O–H groups in total. The molecule has 0 fully saturated rings. The Bertz CT molecular complexity index is 475.